The summed E-state index contributed by atoms with van der Waals surface area (Å²) in [7, 11) is 0. The van der Waals surface area contributed by atoms with Gasteiger partial charge in [0.15, 0.2) is 0 Å². The molecule has 8 nitrogen and oxygen atoms in total. The summed E-state index contributed by atoms with van der Waals surface area (Å²) in [5.74, 6) is -2.78. The summed E-state index contributed by atoms with van der Waals surface area (Å²) in [5.41, 5.74) is 6.94. The van der Waals surface area contributed by atoms with Gasteiger partial charge in [0.25, 0.3) is 5.91 Å². The van der Waals surface area contributed by atoms with E-state index in [4.69, 9.17) is 14.7 Å². The Labute approximate surface area is 211 Å². The number of carbonyl (C=O) groups is 2. The maximum atomic E-state index is 12.1. The molecular formula is C26H27F3N4O4. The number of halogens is 3. The first-order chi connectivity index (χ1) is 17.2. The van der Waals surface area contributed by atoms with Crippen LogP contribution >= 0.6 is 0 Å². The number of benzene rings is 1. The Morgan fingerprint density at radius 1 is 1.11 bits per heavy atom. The Balaban J connectivity index is 0.000000479. The predicted molar refractivity (Wildman–Crippen MR) is 132 cm³/mol. The zero-order chi connectivity index (χ0) is 27.4. The van der Waals surface area contributed by atoms with Gasteiger partial charge in [0.2, 0.25) is 0 Å². The Morgan fingerprint density at radius 3 is 2.43 bits per heavy atom. The highest BCUT2D eigenvalue weighted by atomic mass is 19.4. The van der Waals surface area contributed by atoms with Crippen molar-refractivity contribution in [2.24, 2.45) is 5.16 Å². The molecule has 3 N–H and O–H groups in total. The lowest BCUT2D eigenvalue weighted by atomic mass is 10.0. The number of carboxylic acids is 1. The maximum Gasteiger partial charge on any atom is 0.490 e. The van der Waals surface area contributed by atoms with E-state index in [0.29, 0.717) is 6.54 Å². The first kappa shape index (κ1) is 27.4. The van der Waals surface area contributed by atoms with Crippen molar-refractivity contribution in [2.75, 3.05) is 6.54 Å². The van der Waals surface area contributed by atoms with Crippen LogP contribution in [0, 0.1) is 0 Å². The highest BCUT2D eigenvalue weighted by Crippen LogP contribution is 2.27. The minimum Gasteiger partial charge on any atom is -0.475 e. The van der Waals surface area contributed by atoms with Gasteiger partial charge in [-0.3, -0.25) is 9.78 Å². The van der Waals surface area contributed by atoms with Crippen LogP contribution in [0.5, 0.6) is 0 Å². The second-order valence-corrected chi connectivity index (χ2v) is 9.27. The van der Waals surface area contributed by atoms with Gasteiger partial charge < -0.3 is 20.2 Å². The molecule has 0 atom stereocenters. The number of carbonyl (C=O) groups excluding carboxylic acids is 1. The van der Waals surface area contributed by atoms with Crippen molar-refractivity contribution < 1.29 is 32.7 Å². The summed E-state index contributed by atoms with van der Waals surface area (Å²) in [5, 5.41) is 14.3. The van der Waals surface area contributed by atoms with Crippen molar-refractivity contribution in [1.29, 1.82) is 0 Å². The number of aliphatic carboxylic acids is 1. The third-order valence-corrected chi connectivity index (χ3v) is 5.15. The molecule has 1 aliphatic heterocycles. The fraction of sp³-hybridized carbons (Fsp3) is 0.308. The van der Waals surface area contributed by atoms with Crippen molar-refractivity contribution in [1.82, 2.24) is 15.3 Å². The third kappa shape index (κ3) is 7.42. The van der Waals surface area contributed by atoms with Crippen molar-refractivity contribution in [2.45, 2.75) is 45.9 Å². The van der Waals surface area contributed by atoms with E-state index in [1.54, 1.807) is 6.20 Å². The van der Waals surface area contributed by atoms with E-state index in [1.807, 2.05) is 64.1 Å². The van der Waals surface area contributed by atoms with Gasteiger partial charge in [-0.05, 0) is 57.5 Å². The van der Waals surface area contributed by atoms with Gasteiger partial charge in [-0.25, -0.2) is 4.79 Å². The van der Waals surface area contributed by atoms with Gasteiger partial charge in [-0.2, -0.15) is 13.2 Å². The van der Waals surface area contributed by atoms with Crippen LogP contribution in [0.4, 0.5) is 13.2 Å². The molecule has 0 saturated carbocycles. The number of oxime groups is 1. The van der Waals surface area contributed by atoms with Crippen LogP contribution in [0.3, 0.4) is 0 Å². The van der Waals surface area contributed by atoms with E-state index in [2.05, 4.69) is 26.5 Å². The number of H-pyrrole nitrogens is 1. The molecule has 0 saturated heterocycles. The normalized spacial score (nSPS) is 13.7. The molecule has 3 aromatic rings. The van der Waals surface area contributed by atoms with E-state index in [9.17, 15) is 18.0 Å². The monoisotopic (exact) mass is 516 g/mol. The van der Waals surface area contributed by atoms with Crippen LogP contribution in [0.15, 0.2) is 53.8 Å². The van der Waals surface area contributed by atoms with Crippen LogP contribution in [-0.4, -0.2) is 51.0 Å². The molecule has 3 heterocycles. The van der Waals surface area contributed by atoms with Crippen LogP contribution in [0.25, 0.3) is 22.5 Å². The van der Waals surface area contributed by atoms with Crippen LogP contribution < -0.4 is 5.32 Å². The lowest BCUT2D eigenvalue weighted by molar-refractivity contribution is -0.192. The molecule has 0 fully saturated rings. The first-order valence-corrected chi connectivity index (χ1v) is 11.3. The minimum absolute atomic E-state index is 0.0204. The molecular weight excluding hydrogens is 489 g/mol. The molecule has 2 aromatic heterocycles. The molecule has 11 heteroatoms. The summed E-state index contributed by atoms with van der Waals surface area (Å²) >= 11 is 0. The molecule has 0 aliphatic carbocycles. The highest BCUT2D eigenvalue weighted by Gasteiger charge is 2.38. The van der Waals surface area contributed by atoms with Gasteiger partial charge in [-0.1, -0.05) is 23.4 Å². The molecule has 0 radical (unpaired) electrons. The van der Waals surface area contributed by atoms with Gasteiger partial charge in [0.05, 0.1) is 17.0 Å². The highest BCUT2D eigenvalue weighted by molar-refractivity contribution is 5.99. The Bertz CT molecular complexity index is 1320. The summed E-state index contributed by atoms with van der Waals surface area (Å²) in [6.45, 7) is 8.51. The van der Waals surface area contributed by atoms with E-state index < -0.39 is 12.1 Å². The summed E-state index contributed by atoms with van der Waals surface area (Å²) in [6.07, 6.45) is -2.47. The number of aromatic amines is 1. The molecule has 4 rings (SSSR count). The second-order valence-electron chi connectivity index (χ2n) is 9.27. The Kier molecular flexibility index (Phi) is 8.05. The number of fused-ring (bicyclic) bond motifs is 1. The first-order valence-electron chi connectivity index (χ1n) is 11.3. The molecule has 1 aliphatic rings. The lowest BCUT2D eigenvalue weighted by Crippen LogP contribution is -2.31. The predicted octanol–water partition coefficient (Wildman–Crippen LogP) is 5.20. The Hall–Kier alpha value is -4.15. The average molecular weight is 517 g/mol. The van der Waals surface area contributed by atoms with Gasteiger partial charge in [0, 0.05) is 41.7 Å². The number of carboxylic acid groups (broad SMARTS) is 1. The number of rotatable bonds is 4. The summed E-state index contributed by atoms with van der Waals surface area (Å²) < 4.78 is 31.7. The third-order valence-electron chi connectivity index (χ3n) is 5.15. The SMILES string of the molecule is CC(=NOC(C)(C)C)c1cccc(-c2cc(-c3cc4c([nH]3)CCNC4=O)ccn2)c1.O=C(O)C(F)(F)F. The van der Waals surface area contributed by atoms with Crippen LogP contribution in [0.2, 0.25) is 0 Å². The Morgan fingerprint density at radius 2 is 1.81 bits per heavy atom. The number of nitrogens with zero attached hydrogens (tertiary/aromatic N) is 2. The van der Waals surface area contributed by atoms with Gasteiger partial charge >= 0.3 is 12.1 Å². The maximum absolute atomic E-state index is 12.1. The van der Waals surface area contributed by atoms with Crippen molar-refractivity contribution in [3.8, 4) is 22.5 Å². The second kappa shape index (κ2) is 10.9. The average Bonchev–Trinajstić information content (AvgIpc) is 3.28. The zero-order valence-electron chi connectivity index (χ0n) is 20.7. The van der Waals surface area contributed by atoms with E-state index in [1.165, 1.54) is 0 Å². The topological polar surface area (TPSA) is 117 Å². The number of aromatic nitrogens is 2. The summed E-state index contributed by atoms with van der Waals surface area (Å²) in [4.78, 5) is 34.5. The van der Waals surface area contributed by atoms with Gasteiger partial charge in [-0.15, -0.1) is 0 Å². The lowest BCUT2D eigenvalue weighted by Gasteiger charge is -2.16. The smallest absolute Gasteiger partial charge is 0.475 e. The standard InChI is InChI=1S/C24H26N4O2.C2HF3O2/c1-15(28-30-24(2,3)4)16-6-5-7-17(12-16)21-13-18(8-10-25-21)22-14-19-20(27-22)9-11-26-23(19)29;3-2(4,5)1(6)7/h5-8,10,12-14,27H,9,11H2,1-4H3,(H,26,29);(H,6,7). The minimum atomic E-state index is -5.08. The van der Waals surface area contributed by atoms with Crippen molar-refractivity contribution in [3.63, 3.8) is 0 Å². The number of nitrogens with one attached hydrogen (secondary N) is 2. The van der Waals surface area contributed by atoms with E-state index >= 15 is 0 Å². The van der Waals surface area contributed by atoms with Gasteiger partial charge in [0.1, 0.15) is 5.60 Å². The number of amides is 1. The molecule has 196 valence electrons. The number of hydrogen-bond acceptors (Lipinski definition) is 5. The number of pyridine rings is 1. The molecule has 0 unspecified atom stereocenters. The largest absolute Gasteiger partial charge is 0.490 e. The van der Waals surface area contributed by atoms with Crippen molar-refractivity contribution >= 4 is 17.6 Å². The molecule has 37 heavy (non-hydrogen) atoms. The van der Waals surface area contributed by atoms with Crippen molar-refractivity contribution in [3.05, 3.63) is 65.5 Å². The van der Waals surface area contributed by atoms with Crippen LogP contribution in [0.1, 0.15) is 49.3 Å². The number of alkyl halides is 3. The molecule has 0 bridgehead atoms. The summed E-state index contributed by atoms with van der Waals surface area (Å²) in [6, 6.07) is 14.0. The van der Waals surface area contributed by atoms with E-state index in [-0.39, 0.29) is 11.5 Å². The van der Waals surface area contributed by atoms with Crippen LogP contribution in [-0.2, 0) is 16.1 Å². The zero-order valence-corrected chi connectivity index (χ0v) is 20.7. The molecule has 0 spiro atoms. The van der Waals surface area contributed by atoms with E-state index in [0.717, 1.165) is 51.5 Å². The fourth-order valence-corrected chi connectivity index (χ4v) is 3.37. The molecule has 1 aromatic carbocycles. The number of hydrogen-bond donors (Lipinski definition) is 3. The fourth-order valence-electron chi connectivity index (χ4n) is 3.37. The quantitative estimate of drug-likeness (QED) is 0.326. The molecule has 1 amide bonds.